The van der Waals surface area contributed by atoms with Crippen molar-refractivity contribution < 1.29 is 14.1 Å². The molecular weight excluding hydrogens is 488 g/mol. The number of benzene rings is 1. The predicted octanol–water partition coefficient (Wildman–Crippen LogP) is 3.27. The average Bonchev–Trinajstić information content (AvgIpc) is 3.66. The van der Waals surface area contributed by atoms with Crippen molar-refractivity contribution in [2.24, 2.45) is 0 Å². The zero-order chi connectivity index (χ0) is 25.9. The molecule has 9 nitrogen and oxygen atoms in total. The van der Waals surface area contributed by atoms with Crippen molar-refractivity contribution in [3.8, 4) is 10.4 Å². The van der Waals surface area contributed by atoms with Crippen LogP contribution >= 0.6 is 11.3 Å². The molecule has 196 valence electrons. The zero-order valence-electron chi connectivity index (χ0n) is 21.6. The normalized spacial score (nSPS) is 19.3. The first-order chi connectivity index (χ1) is 17.9. The fourth-order valence-electron chi connectivity index (χ4n) is 5.05. The highest BCUT2D eigenvalue weighted by Crippen LogP contribution is 2.28. The van der Waals surface area contributed by atoms with E-state index >= 15 is 0 Å². The molecule has 2 unspecified atom stereocenters. The van der Waals surface area contributed by atoms with Gasteiger partial charge in [-0.2, -0.15) is 0 Å². The van der Waals surface area contributed by atoms with Crippen LogP contribution in [0, 0.1) is 6.92 Å². The Hall–Kier alpha value is -3.24. The molecule has 0 aliphatic carbocycles. The van der Waals surface area contributed by atoms with Gasteiger partial charge in [-0.25, -0.2) is 4.98 Å². The van der Waals surface area contributed by atoms with Gasteiger partial charge < -0.3 is 24.5 Å². The summed E-state index contributed by atoms with van der Waals surface area (Å²) in [7, 11) is 2.11. The van der Waals surface area contributed by atoms with Gasteiger partial charge in [0.2, 0.25) is 11.8 Å². The molecule has 2 aliphatic rings. The Labute approximate surface area is 221 Å². The van der Waals surface area contributed by atoms with Crippen LogP contribution in [0.4, 0.5) is 5.82 Å². The van der Waals surface area contributed by atoms with Crippen molar-refractivity contribution in [3.63, 3.8) is 0 Å². The van der Waals surface area contributed by atoms with Gasteiger partial charge in [-0.1, -0.05) is 29.4 Å². The summed E-state index contributed by atoms with van der Waals surface area (Å²) >= 11 is 1.62. The number of thiazole rings is 1. The number of rotatable bonds is 7. The largest absolute Gasteiger partial charge is 0.359 e. The molecule has 2 fully saturated rings. The highest BCUT2D eigenvalue weighted by molar-refractivity contribution is 7.13. The number of aromatic nitrogens is 2. The van der Waals surface area contributed by atoms with Gasteiger partial charge >= 0.3 is 0 Å². The third-order valence-electron chi connectivity index (χ3n) is 7.35. The number of anilines is 1. The van der Waals surface area contributed by atoms with E-state index in [-0.39, 0.29) is 24.3 Å². The van der Waals surface area contributed by atoms with Gasteiger partial charge in [0.15, 0.2) is 5.82 Å². The molecule has 1 aromatic carbocycles. The molecule has 10 heteroatoms. The number of carbonyl (C=O) groups is 2. The first kappa shape index (κ1) is 25.4. The molecule has 3 aromatic rings. The molecule has 2 saturated heterocycles. The minimum Gasteiger partial charge on any atom is -0.359 e. The van der Waals surface area contributed by atoms with E-state index in [4.69, 9.17) is 4.52 Å². The molecule has 5 rings (SSSR count). The van der Waals surface area contributed by atoms with Crippen LogP contribution in [0.15, 0.2) is 40.4 Å². The highest BCUT2D eigenvalue weighted by Gasteiger charge is 2.35. The summed E-state index contributed by atoms with van der Waals surface area (Å²) in [6, 6.07) is 9.44. The molecule has 1 N–H and O–H groups in total. The summed E-state index contributed by atoms with van der Waals surface area (Å²) in [6.45, 7) is 8.27. The molecule has 0 saturated carbocycles. The number of piperazine rings is 1. The standard InChI is InChI=1S/C27H34N6O3S/c1-18(20-6-8-21(9-7-20)26-19(2)28-17-37-26)29-27(35)23-5-4-10-33(23)25(34)16-22-15-24(30-36-22)32-13-11-31(3)12-14-32/h6-9,15,17-18,23H,4-5,10-14,16H2,1-3H3,(H,29,35). The van der Waals surface area contributed by atoms with Crippen LogP contribution in [-0.4, -0.2) is 77.6 Å². The van der Waals surface area contributed by atoms with E-state index in [0.29, 0.717) is 18.7 Å². The van der Waals surface area contributed by atoms with Crippen molar-refractivity contribution in [1.29, 1.82) is 0 Å². The van der Waals surface area contributed by atoms with Gasteiger partial charge in [0.25, 0.3) is 0 Å². The minimum atomic E-state index is -0.464. The quantitative estimate of drug-likeness (QED) is 0.509. The van der Waals surface area contributed by atoms with Crippen LogP contribution in [0.25, 0.3) is 10.4 Å². The zero-order valence-corrected chi connectivity index (χ0v) is 22.5. The number of amides is 2. The molecule has 4 heterocycles. The van der Waals surface area contributed by atoms with Gasteiger partial charge in [0.05, 0.1) is 28.5 Å². The number of aryl methyl sites for hydroxylation is 1. The van der Waals surface area contributed by atoms with Crippen LogP contribution in [-0.2, 0) is 16.0 Å². The maximum Gasteiger partial charge on any atom is 0.243 e. The second-order valence-electron chi connectivity index (χ2n) is 9.98. The number of hydrogen-bond acceptors (Lipinski definition) is 8. The first-order valence-corrected chi connectivity index (χ1v) is 13.8. The summed E-state index contributed by atoms with van der Waals surface area (Å²) < 4.78 is 5.48. The second kappa shape index (κ2) is 11.0. The molecule has 0 radical (unpaired) electrons. The maximum absolute atomic E-state index is 13.2. The summed E-state index contributed by atoms with van der Waals surface area (Å²) in [5, 5.41) is 7.29. The number of likely N-dealkylation sites (tertiary alicyclic amines) is 1. The van der Waals surface area contributed by atoms with Gasteiger partial charge in [0, 0.05) is 38.8 Å². The molecule has 0 bridgehead atoms. The topological polar surface area (TPSA) is 94.8 Å². The summed E-state index contributed by atoms with van der Waals surface area (Å²) in [4.78, 5) is 37.9. The Morgan fingerprint density at radius 3 is 2.62 bits per heavy atom. The summed E-state index contributed by atoms with van der Waals surface area (Å²) in [5.74, 6) is 1.10. The van der Waals surface area contributed by atoms with E-state index in [0.717, 1.165) is 60.1 Å². The van der Waals surface area contributed by atoms with E-state index in [2.05, 4.69) is 44.4 Å². The fourth-order valence-corrected chi connectivity index (χ4v) is 5.87. The van der Waals surface area contributed by atoms with Crippen molar-refractivity contribution in [2.75, 3.05) is 44.7 Å². The van der Waals surface area contributed by atoms with Crippen LogP contribution in [0.1, 0.15) is 42.8 Å². The SMILES string of the molecule is Cc1ncsc1-c1ccc(C(C)NC(=O)C2CCCN2C(=O)Cc2cc(N3CCN(C)CC3)no2)cc1. The molecule has 2 atom stereocenters. The minimum absolute atomic E-state index is 0.101. The van der Waals surface area contributed by atoms with Crippen LogP contribution in [0.2, 0.25) is 0 Å². The number of likely N-dealkylation sites (N-methyl/N-ethyl adjacent to an activating group) is 1. The van der Waals surface area contributed by atoms with Gasteiger partial charge in [-0.15, -0.1) is 11.3 Å². The van der Waals surface area contributed by atoms with Gasteiger partial charge in [-0.3, -0.25) is 9.59 Å². The molecule has 2 aliphatic heterocycles. The van der Waals surface area contributed by atoms with Crippen molar-refractivity contribution in [3.05, 3.63) is 52.9 Å². The number of carbonyl (C=O) groups excluding carboxylic acids is 2. The molecular formula is C27H34N6O3S. The number of nitrogens with one attached hydrogen (secondary N) is 1. The van der Waals surface area contributed by atoms with E-state index in [1.54, 1.807) is 16.2 Å². The van der Waals surface area contributed by atoms with Crippen molar-refractivity contribution >= 4 is 29.0 Å². The van der Waals surface area contributed by atoms with Gasteiger partial charge in [0.1, 0.15) is 11.8 Å². The molecule has 2 amide bonds. The van der Waals surface area contributed by atoms with Crippen molar-refractivity contribution in [1.82, 2.24) is 25.3 Å². The lowest BCUT2D eigenvalue weighted by Gasteiger charge is -2.31. The summed E-state index contributed by atoms with van der Waals surface area (Å²) in [6.07, 6.45) is 1.58. The molecule has 0 spiro atoms. The fraction of sp³-hybridized carbons (Fsp3) is 0.481. The third kappa shape index (κ3) is 5.70. The Morgan fingerprint density at radius 1 is 1.16 bits per heavy atom. The van der Waals surface area contributed by atoms with Crippen molar-refractivity contribution in [2.45, 2.75) is 45.2 Å². The van der Waals surface area contributed by atoms with E-state index in [1.165, 1.54) is 0 Å². The Kier molecular flexibility index (Phi) is 7.57. The molecule has 37 heavy (non-hydrogen) atoms. The number of nitrogens with zero attached hydrogens (tertiary/aromatic N) is 5. The molecule has 2 aromatic heterocycles. The van der Waals surface area contributed by atoms with Crippen LogP contribution in [0.5, 0.6) is 0 Å². The lowest BCUT2D eigenvalue weighted by molar-refractivity contribution is -0.138. The lowest BCUT2D eigenvalue weighted by atomic mass is 10.0. The van der Waals surface area contributed by atoms with E-state index < -0.39 is 6.04 Å². The van der Waals surface area contributed by atoms with E-state index in [1.807, 2.05) is 37.6 Å². The Bertz CT molecular complexity index is 1230. The van der Waals surface area contributed by atoms with Crippen LogP contribution in [0.3, 0.4) is 0 Å². The van der Waals surface area contributed by atoms with Gasteiger partial charge in [-0.05, 0) is 44.9 Å². The number of hydrogen-bond donors (Lipinski definition) is 1. The predicted molar refractivity (Wildman–Crippen MR) is 143 cm³/mol. The van der Waals surface area contributed by atoms with E-state index in [9.17, 15) is 9.59 Å². The first-order valence-electron chi connectivity index (χ1n) is 12.9. The lowest BCUT2D eigenvalue weighted by Crippen LogP contribution is -2.47. The monoisotopic (exact) mass is 522 g/mol. The summed E-state index contributed by atoms with van der Waals surface area (Å²) in [5.41, 5.74) is 5.02. The highest BCUT2D eigenvalue weighted by atomic mass is 32.1. The van der Waals surface area contributed by atoms with Crippen LogP contribution < -0.4 is 10.2 Å². The second-order valence-corrected chi connectivity index (χ2v) is 10.8. The third-order valence-corrected chi connectivity index (χ3v) is 8.33. The Balaban J connectivity index is 1.17. The maximum atomic E-state index is 13.2. The Morgan fingerprint density at radius 2 is 1.92 bits per heavy atom. The smallest absolute Gasteiger partial charge is 0.243 e. The average molecular weight is 523 g/mol.